The van der Waals surface area contributed by atoms with Crippen molar-refractivity contribution in [1.29, 1.82) is 0 Å². The van der Waals surface area contributed by atoms with E-state index in [9.17, 15) is 9.59 Å². The Hall–Kier alpha value is -2.10. The molecule has 1 rings (SSSR count). The number of allylic oxidation sites excluding steroid dienone is 1. The number of esters is 1. The molecule has 18 heavy (non-hydrogen) atoms. The summed E-state index contributed by atoms with van der Waals surface area (Å²) in [7, 11) is 1.57. The highest BCUT2D eigenvalue weighted by Gasteiger charge is 2.04. The third kappa shape index (κ3) is 4.41. The number of hydrogen-bond donors (Lipinski definition) is 0. The summed E-state index contributed by atoms with van der Waals surface area (Å²) >= 11 is 0. The summed E-state index contributed by atoms with van der Waals surface area (Å²) in [6.45, 7) is 2.06. The smallest absolute Gasteiger partial charge is 0.330 e. The van der Waals surface area contributed by atoms with Gasteiger partial charge in [0, 0.05) is 18.1 Å². The Morgan fingerprint density at radius 1 is 1.22 bits per heavy atom. The number of ether oxygens (including phenoxy) is 2. The fraction of sp³-hybridized carbons (Fsp3) is 0.286. The molecule has 0 bridgehead atoms. The van der Waals surface area contributed by atoms with Gasteiger partial charge >= 0.3 is 5.97 Å². The normalized spacial score (nSPS) is 10.3. The predicted octanol–water partition coefficient (Wildman–Crippen LogP) is 2.39. The Balaban J connectivity index is 2.52. The van der Waals surface area contributed by atoms with Crippen molar-refractivity contribution in [3.8, 4) is 5.75 Å². The predicted molar refractivity (Wildman–Crippen MR) is 67.7 cm³/mol. The van der Waals surface area contributed by atoms with Crippen LogP contribution in [0.1, 0.15) is 23.7 Å². The highest BCUT2D eigenvalue weighted by molar-refractivity contribution is 5.97. The van der Waals surface area contributed by atoms with Crippen LogP contribution in [0.25, 0.3) is 0 Å². The zero-order valence-corrected chi connectivity index (χ0v) is 10.5. The zero-order valence-electron chi connectivity index (χ0n) is 10.5. The van der Waals surface area contributed by atoms with Crippen molar-refractivity contribution in [1.82, 2.24) is 0 Å². The minimum Gasteiger partial charge on any atom is -0.497 e. The van der Waals surface area contributed by atoms with Crippen LogP contribution < -0.4 is 4.74 Å². The third-order valence-electron chi connectivity index (χ3n) is 2.26. The van der Waals surface area contributed by atoms with Crippen LogP contribution in [0.4, 0.5) is 0 Å². The van der Waals surface area contributed by atoms with Crippen LogP contribution in [0, 0.1) is 0 Å². The van der Waals surface area contributed by atoms with E-state index in [1.807, 2.05) is 0 Å². The first kappa shape index (κ1) is 14.0. The van der Waals surface area contributed by atoms with Crippen LogP contribution in [0.2, 0.25) is 0 Å². The van der Waals surface area contributed by atoms with Gasteiger partial charge in [-0.2, -0.15) is 0 Å². The number of rotatable bonds is 6. The third-order valence-corrected chi connectivity index (χ3v) is 2.26. The van der Waals surface area contributed by atoms with Crippen LogP contribution in [-0.2, 0) is 9.53 Å². The number of ketones is 1. The number of carbonyl (C=O) groups is 2. The van der Waals surface area contributed by atoms with Gasteiger partial charge in [-0.15, -0.1) is 0 Å². The average Bonchev–Trinajstić information content (AvgIpc) is 2.39. The number of Topliss-reactive ketones (excluding diaryl/α,β-unsaturated/α-hetero) is 1. The van der Waals surface area contributed by atoms with E-state index in [-0.39, 0.29) is 12.2 Å². The highest BCUT2D eigenvalue weighted by atomic mass is 16.5. The largest absolute Gasteiger partial charge is 0.497 e. The maximum Gasteiger partial charge on any atom is 0.330 e. The van der Waals surface area contributed by atoms with Crippen LogP contribution in [0.5, 0.6) is 5.75 Å². The maximum absolute atomic E-state index is 11.7. The van der Waals surface area contributed by atoms with E-state index in [1.54, 1.807) is 38.3 Å². The number of benzene rings is 1. The lowest BCUT2D eigenvalue weighted by molar-refractivity contribution is -0.137. The Morgan fingerprint density at radius 3 is 2.44 bits per heavy atom. The second-order valence-electron chi connectivity index (χ2n) is 3.51. The van der Waals surface area contributed by atoms with Gasteiger partial charge in [-0.3, -0.25) is 4.79 Å². The van der Waals surface area contributed by atoms with Gasteiger partial charge in [0.05, 0.1) is 13.7 Å². The minimum atomic E-state index is -0.431. The first-order chi connectivity index (χ1) is 8.67. The Labute approximate surface area is 106 Å². The van der Waals surface area contributed by atoms with E-state index >= 15 is 0 Å². The standard InChI is InChI=1S/C14H16O4/c1-3-18-14(16)6-4-5-13(15)11-7-9-12(17-2)10-8-11/h4,6-10H,3,5H2,1-2H3/b6-4+. The van der Waals surface area contributed by atoms with Crippen molar-refractivity contribution in [3.05, 3.63) is 42.0 Å². The molecule has 0 unspecified atom stereocenters. The lowest BCUT2D eigenvalue weighted by Crippen LogP contribution is -2.00. The molecule has 0 heterocycles. The summed E-state index contributed by atoms with van der Waals surface area (Å²) in [6, 6.07) is 6.84. The molecule has 0 N–H and O–H groups in total. The van der Waals surface area contributed by atoms with Crippen LogP contribution in [0.15, 0.2) is 36.4 Å². The summed E-state index contributed by atoms with van der Waals surface area (Å²) in [4.78, 5) is 22.7. The van der Waals surface area contributed by atoms with Crippen molar-refractivity contribution >= 4 is 11.8 Å². The monoisotopic (exact) mass is 248 g/mol. The molecule has 0 atom stereocenters. The van der Waals surface area contributed by atoms with E-state index < -0.39 is 5.97 Å². The molecule has 0 aliphatic rings. The molecular formula is C14H16O4. The molecule has 0 spiro atoms. The fourth-order valence-corrected chi connectivity index (χ4v) is 1.35. The van der Waals surface area contributed by atoms with Gasteiger partial charge in [-0.1, -0.05) is 6.08 Å². The summed E-state index contributed by atoms with van der Waals surface area (Å²) < 4.78 is 9.71. The highest BCUT2D eigenvalue weighted by Crippen LogP contribution is 2.12. The van der Waals surface area contributed by atoms with Gasteiger partial charge in [0.25, 0.3) is 0 Å². The summed E-state index contributed by atoms with van der Waals surface area (Å²) in [5, 5.41) is 0. The van der Waals surface area contributed by atoms with Crippen LogP contribution in [0.3, 0.4) is 0 Å². The van der Waals surface area contributed by atoms with E-state index in [0.717, 1.165) is 0 Å². The van der Waals surface area contributed by atoms with E-state index in [2.05, 4.69) is 0 Å². The van der Waals surface area contributed by atoms with Gasteiger partial charge in [0.1, 0.15) is 5.75 Å². The second-order valence-corrected chi connectivity index (χ2v) is 3.51. The molecule has 0 aromatic heterocycles. The lowest BCUT2D eigenvalue weighted by Gasteiger charge is -2.01. The van der Waals surface area contributed by atoms with Gasteiger partial charge < -0.3 is 9.47 Å². The number of carbonyl (C=O) groups excluding carboxylic acids is 2. The number of methoxy groups -OCH3 is 1. The van der Waals surface area contributed by atoms with Crippen molar-refractivity contribution in [2.45, 2.75) is 13.3 Å². The van der Waals surface area contributed by atoms with E-state index in [4.69, 9.17) is 9.47 Å². The van der Waals surface area contributed by atoms with Crippen molar-refractivity contribution in [2.24, 2.45) is 0 Å². The molecular weight excluding hydrogens is 232 g/mol. The Kier molecular flexibility index (Phi) is 5.64. The topological polar surface area (TPSA) is 52.6 Å². The van der Waals surface area contributed by atoms with Crippen molar-refractivity contribution < 1.29 is 19.1 Å². The molecule has 4 nitrogen and oxygen atoms in total. The molecule has 96 valence electrons. The van der Waals surface area contributed by atoms with E-state index in [1.165, 1.54) is 12.2 Å². The van der Waals surface area contributed by atoms with Crippen LogP contribution >= 0.6 is 0 Å². The zero-order chi connectivity index (χ0) is 13.4. The molecule has 0 saturated carbocycles. The van der Waals surface area contributed by atoms with Gasteiger partial charge in [0.2, 0.25) is 0 Å². The number of hydrogen-bond acceptors (Lipinski definition) is 4. The summed E-state index contributed by atoms with van der Waals surface area (Å²) in [5.41, 5.74) is 0.587. The first-order valence-corrected chi connectivity index (χ1v) is 5.68. The van der Waals surface area contributed by atoms with Gasteiger partial charge in [-0.25, -0.2) is 4.79 Å². The Morgan fingerprint density at radius 2 is 1.89 bits per heavy atom. The quantitative estimate of drug-likeness (QED) is 0.440. The molecule has 0 fully saturated rings. The SMILES string of the molecule is CCOC(=O)/C=C/CC(=O)c1ccc(OC)cc1. The first-order valence-electron chi connectivity index (χ1n) is 5.68. The average molecular weight is 248 g/mol. The second kappa shape index (κ2) is 7.27. The molecule has 0 aliphatic heterocycles. The lowest BCUT2D eigenvalue weighted by atomic mass is 10.1. The Bertz CT molecular complexity index is 432. The maximum atomic E-state index is 11.7. The molecule has 0 radical (unpaired) electrons. The summed E-state index contributed by atoms with van der Waals surface area (Å²) in [6.07, 6.45) is 2.95. The van der Waals surface area contributed by atoms with Crippen molar-refractivity contribution in [3.63, 3.8) is 0 Å². The molecule has 0 saturated heterocycles. The van der Waals surface area contributed by atoms with E-state index in [0.29, 0.717) is 17.9 Å². The summed E-state index contributed by atoms with van der Waals surface area (Å²) in [5.74, 6) is 0.215. The van der Waals surface area contributed by atoms with Crippen LogP contribution in [-0.4, -0.2) is 25.5 Å². The van der Waals surface area contributed by atoms with Gasteiger partial charge in [-0.05, 0) is 31.2 Å². The molecule has 1 aromatic carbocycles. The molecule has 0 aliphatic carbocycles. The minimum absolute atomic E-state index is 0.0572. The fourth-order valence-electron chi connectivity index (χ4n) is 1.35. The van der Waals surface area contributed by atoms with Crippen molar-refractivity contribution in [2.75, 3.05) is 13.7 Å². The van der Waals surface area contributed by atoms with Gasteiger partial charge in [0.15, 0.2) is 5.78 Å². The molecule has 0 amide bonds. The molecule has 4 heteroatoms. The molecule has 1 aromatic rings.